The number of likely N-dealkylation sites (tertiary alicyclic amines) is 1. The number of hydrogen-bond donors (Lipinski definition) is 1. The van der Waals surface area contributed by atoms with Gasteiger partial charge in [0.1, 0.15) is 5.76 Å². The average molecular weight is 492 g/mol. The molecular weight excluding hydrogens is 459 g/mol. The van der Waals surface area contributed by atoms with Crippen LogP contribution in [-0.2, 0) is 15.9 Å². The van der Waals surface area contributed by atoms with E-state index in [2.05, 4.69) is 20.4 Å². The Balaban J connectivity index is 0.00000261. The number of rotatable bonds is 6. The van der Waals surface area contributed by atoms with Crippen molar-refractivity contribution in [3.8, 4) is 0 Å². The van der Waals surface area contributed by atoms with Crippen molar-refractivity contribution in [3.05, 3.63) is 17.0 Å². The quantitative estimate of drug-likeness (QED) is 0.374. The van der Waals surface area contributed by atoms with E-state index in [0.29, 0.717) is 12.2 Å². The highest BCUT2D eigenvalue weighted by Gasteiger charge is 2.24. The highest BCUT2D eigenvalue weighted by molar-refractivity contribution is 14.0. The van der Waals surface area contributed by atoms with Gasteiger partial charge in [-0.1, -0.05) is 5.16 Å². The van der Waals surface area contributed by atoms with Crippen LogP contribution in [0.15, 0.2) is 9.52 Å². The van der Waals surface area contributed by atoms with Gasteiger partial charge in [-0.2, -0.15) is 0 Å². The highest BCUT2D eigenvalue weighted by atomic mass is 127. The van der Waals surface area contributed by atoms with E-state index >= 15 is 0 Å². The lowest BCUT2D eigenvalue weighted by Gasteiger charge is -2.34. The van der Waals surface area contributed by atoms with Crippen LogP contribution in [0, 0.1) is 13.8 Å². The topological polar surface area (TPSA) is 72.1 Å². The van der Waals surface area contributed by atoms with Crippen molar-refractivity contribution < 1.29 is 14.0 Å². The van der Waals surface area contributed by atoms with Gasteiger partial charge >= 0.3 is 0 Å². The Morgan fingerprint density at radius 2 is 2.07 bits per heavy atom. The molecule has 1 aromatic rings. The lowest BCUT2D eigenvalue weighted by atomic mass is 10.1. The summed E-state index contributed by atoms with van der Waals surface area (Å²) in [5.74, 6) is 1.87. The summed E-state index contributed by atoms with van der Waals surface area (Å²) in [5.41, 5.74) is 2.16. The Morgan fingerprint density at radius 1 is 1.30 bits per heavy atom. The fourth-order valence-electron chi connectivity index (χ4n) is 3.74. The molecular formula is C19H33IN4O3. The second-order valence-corrected chi connectivity index (χ2v) is 7.18. The molecule has 27 heavy (non-hydrogen) atoms. The second kappa shape index (κ2) is 11.2. The van der Waals surface area contributed by atoms with Gasteiger partial charge in [-0.25, -0.2) is 0 Å². The molecule has 0 spiro atoms. The molecule has 1 aromatic heterocycles. The Morgan fingerprint density at radius 3 is 2.67 bits per heavy atom. The van der Waals surface area contributed by atoms with Gasteiger partial charge in [0.2, 0.25) is 0 Å². The maximum Gasteiger partial charge on any atom is 0.193 e. The molecule has 0 amide bonds. The highest BCUT2D eigenvalue weighted by Crippen LogP contribution is 2.18. The molecule has 1 N–H and O–H groups in total. The Hall–Kier alpha value is -0.870. The fourth-order valence-corrected chi connectivity index (χ4v) is 3.74. The molecule has 1 atom stereocenters. The van der Waals surface area contributed by atoms with Gasteiger partial charge < -0.3 is 24.2 Å². The molecule has 8 heteroatoms. The van der Waals surface area contributed by atoms with E-state index in [1.807, 2.05) is 20.9 Å². The lowest BCUT2D eigenvalue weighted by Crippen LogP contribution is -2.47. The molecule has 3 heterocycles. The van der Waals surface area contributed by atoms with Crippen LogP contribution in [0.25, 0.3) is 0 Å². The van der Waals surface area contributed by atoms with E-state index in [1.165, 1.54) is 12.0 Å². The number of hydrogen-bond acceptors (Lipinski definition) is 5. The molecule has 1 unspecified atom stereocenters. The first kappa shape index (κ1) is 22.4. The predicted octanol–water partition coefficient (Wildman–Crippen LogP) is 2.69. The maximum atomic E-state index is 6.06. The number of nitrogens with one attached hydrogen (secondary N) is 1. The predicted molar refractivity (Wildman–Crippen MR) is 116 cm³/mol. The van der Waals surface area contributed by atoms with Crippen LogP contribution in [0.5, 0.6) is 0 Å². The summed E-state index contributed by atoms with van der Waals surface area (Å²) in [7, 11) is 1.85. The van der Waals surface area contributed by atoms with Crippen LogP contribution in [0.1, 0.15) is 42.7 Å². The number of guanidine groups is 1. The van der Waals surface area contributed by atoms with E-state index in [9.17, 15) is 0 Å². The molecule has 2 aliphatic heterocycles. The SMILES string of the molecule is CN=C(NCCc1c(C)noc1C)N1CCC(OCC2CCCO2)CC1.I. The van der Waals surface area contributed by atoms with E-state index in [1.54, 1.807) is 0 Å². The lowest BCUT2D eigenvalue weighted by molar-refractivity contribution is -0.0367. The minimum absolute atomic E-state index is 0. The summed E-state index contributed by atoms with van der Waals surface area (Å²) in [6.45, 7) is 8.36. The van der Waals surface area contributed by atoms with Crippen LogP contribution in [0.2, 0.25) is 0 Å². The van der Waals surface area contributed by atoms with Crippen LogP contribution in [0.3, 0.4) is 0 Å². The number of nitrogens with zero attached hydrogens (tertiary/aromatic N) is 3. The van der Waals surface area contributed by atoms with Gasteiger partial charge in [0.25, 0.3) is 0 Å². The molecule has 0 radical (unpaired) electrons. The van der Waals surface area contributed by atoms with Crippen LogP contribution >= 0.6 is 24.0 Å². The van der Waals surface area contributed by atoms with Crippen molar-refractivity contribution in [3.63, 3.8) is 0 Å². The van der Waals surface area contributed by atoms with E-state index in [-0.39, 0.29) is 24.0 Å². The molecule has 0 aliphatic carbocycles. The molecule has 2 aliphatic rings. The minimum Gasteiger partial charge on any atom is -0.376 e. The Bertz CT molecular complexity index is 574. The summed E-state index contributed by atoms with van der Waals surface area (Å²) >= 11 is 0. The number of ether oxygens (including phenoxy) is 2. The van der Waals surface area contributed by atoms with Gasteiger partial charge in [0.15, 0.2) is 5.96 Å². The van der Waals surface area contributed by atoms with Gasteiger partial charge in [0, 0.05) is 38.9 Å². The summed E-state index contributed by atoms with van der Waals surface area (Å²) in [5, 5.41) is 7.48. The summed E-state index contributed by atoms with van der Waals surface area (Å²) in [4.78, 5) is 6.76. The maximum absolute atomic E-state index is 6.06. The van der Waals surface area contributed by atoms with Crippen molar-refractivity contribution >= 4 is 29.9 Å². The number of aromatic nitrogens is 1. The first-order valence-corrected chi connectivity index (χ1v) is 9.78. The number of aryl methyl sites for hydroxylation is 2. The van der Waals surface area contributed by atoms with E-state index < -0.39 is 0 Å². The summed E-state index contributed by atoms with van der Waals surface area (Å²) in [6.07, 6.45) is 5.93. The largest absolute Gasteiger partial charge is 0.376 e. The zero-order valence-electron chi connectivity index (χ0n) is 16.7. The van der Waals surface area contributed by atoms with Gasteiger partial charge in [-0.05, 0) is 46.0 Å². The third-order valence-electron chi connectivity index (χ3n) is 5.33. The third-order valence-corrected chi connectivity index (χ3v) is 5.33. The zero-order valence-corrected chi connectivity index (χ0v) is 19.0. The zero-order chi connectivity index (χ0) is 18.4. The molecule has 0 aromatic carbocycles. The van der Waals surface area contributed by atoms with Crippen LogP contribution < -0.4 is 5.32 Å². The first-order valence-electron chi connectivity index (χ1n) is 9.78. The van der Waals surface area contributed by atoms with E-state index in [0.717, 1.165) is 75.9 Å². The number of halogens is 1. The second-order valence-electron chi connectivity index (χ2n) is 7.18. The molecule has 7 nitrogen and oxygen atoms in total. The van der Waals surface area contributed by atoms with Gasteiger partial charge in [-0.15, -0.1) is 24.0 Å². The summed E-state index contributed by atoms with van der Waals surface area (Å²) in [6, 6.07) is 0. The van der Waals surface area contributed by atoms with E-state index in [4.69, 9.17) is 14.0 Å². The van der Waals surface area contributed by atoms with Crippen molar-refractivity contribution in [1.29, 1.82) is 0 Å². The smallest absolute Gasteiger partial charge is 0.193 e. The molecule has 0 saturated carbocycles. The van der Waals surface area contributed by atoms with Crippen molar-refractivity contribution in [2.45, 2.75) is 58.2 Å². The number of piperidine rings is 1. The molecule has 154 valence electrons. The molecule has 2 fully saturated rings. The third kappa shape index (κ3) is 6.32. The monoisotopic (exact) mass is 492 g/mol. The molecule has 0 bridgehead atoms. The standard InChI is InChI=1S/C19H32N4O3.HI/c1-14-18(15(2)26-22-14)6-9-21-19(20-3)23-10-7-16(8-11-23)25-13-17-5-4-12-24-17;/h16-17H,4-13H2,1-3H3,(H,20,21);1H. The Kier molecular flexibility index (Phi) is 9.31. The minimum atomic E-state index is 0. The molecule has 3 rings (SSSR count). The Labute approximate surface area is 179 Å². The van der Waals surface area contributed by atoms with Crippen molar-refractivity contribution in [2.24, 2.45) is 4.99 Å². The fraction of sp³-hybridized carbons (Fsp3) is 0.789. The van der Waals surface area contributed by atoms with Crippen LogP contribution in [0.4, 0.5) is 0 Å². The summed E-state index contributed by atoms with van der Waals surface area (Å²) < 4.78 is 16.9. The van der Waals surface area contributed by atoms with Gasteiger partial charge in [0.05, 0.1) is 24.5 Å². The normalized spacial score (nSPS) is 21.4. The first-order chi connectivity index (χ1) is 12.7. The van der Waals surface area contributed by atoms with Crippen molar-refractivity contribution in [2.75, 3.05) is 39.9 Å². The van der Waals surface area contributed by atoms with Crippen LogP contribution in [-0.4, -0.2) is 68.1 Å². The van der Waals surface area contributed by atoms with Crippen molar-refractivity contribution in [1.82, 2.24) is 15.4 Å². The number of aliphatic imine (C=N–C) groups is 1. The molecule has 2 saturated heterocycles. The average Bonchev–Trinajstić information content (AvgIpc) is 3.29. The van der Waals surface area contributed by atoms with Gasteiger partial charge in [-0.3, -0.25) is 4.99 Å².